The molecule has 0 spiro atoms. The van der Waals surface area contributed by atoms with Gasteiger partial charge in [-0.2, -0.15) is 0 Å². The molecule has 3 nitrogen and oxygen atoms in total. The molecular weight excluding hydrogens is 238 g/mol. The molecule has 0 amide bonds. The lowest BCUT2D eigenvalue weighted by Gasteiger charge is -2.37. The van der Waals surface area contributed by atoms with Gasteiger partial charge in [0.1, 0.15) is 5.76 Å². The third-order valence-electron chi connectivity index (χ3n) is 5.17. The fourth-order valence-electron chi connectivity index (χ4n) is 4.33. The molecule has 3 heteroatoms. The predicted molar refractivity (Wildman–Crippen MR) is 75.0 cm³/mol. The zero-order chi connectivity index (χ0) is 13.1. The van der Waals surface area contributed by atoms with E-state index in [0.29, 0.717) is 5.41 Å². The van der Waals surface area contributed by atoms with Crippen molar-refractivity contribution in [3.63, 3.8) is 0 Å². The lowest BCUT2D eigenvalue weighted by molar-refractivity contribution is 0.137. The maximum absolute atomic E-state index is 5.60. The summed E-state index contributed by atoms with van der Waals surface area (Å²) in [5.74, 6) is 3.00. The van der Waals surface area contributed by atoms with E-state index < -0.39 is 0 Å². The van der Waals surface area contributed by atoms with E-state index in [1.165, 1.54) is 25.7 Å². The van der Waals surface area contributed by atoms with Crippen LogP contribution in [0.3, 0.4) is 0 Å². The van der Waals surface area contributed by atoms with Gasteiger partial charge >= 0.3 is 0 Å². The van der Waals surface area contributed by atoms with Crippen LogP contribution in [0.1, 0.15) is 31.4 Å². The molecular formula is C16H25NO2. The topological polar surface area (TPSA) is 34.4 Å². The lowest BCUT2D eigenvalue weighted by Crippen LogP contribution is -2.41. The van der Waals surface area contributed by atoms with Crippen LogP contribution in [0.5, 0.6) is 0 Å². The zero-order valence-electron chi connectivity index (χ0n) is 11.9. The fraction of sp³-hybridized carbons (Fsp3) is 0.750. The first kappa shape index (κ1) is 13.2. The van der Waals surface area contributed by atoms with Crippen LogP contribution in [0.2, 0.25) is 0 Å². The highest BCUT2D eigenvalue weighted by atomic mass is 16.5. The Morgan fingerprint density at radius 1 is 1.47 bits per heavy atom. The van der Waals surface area contributed by atoms with Gasteiger partial charge in [-0.3, -0.25) is 0 Å². The van der Waals surface area contributed by atoms with Crippen LogP contribution in [0.15, 0.2) is 22.8 Å². The van der Waals surface area contributed by atoms with Crippen molar-refractivity contribution >= 4 is 0 Å². The Hall–Kier alpha value is -0.800. The summed E-state index contributed by atoms with van der Waals surface area (Å²) in [4.78, 5) is 0. The number of nitrogens with one attached hydrogen (secondary N) is 1. The molecule has 0 aliphatic heterocycles. The number of fused-ring (bicyclic) bond motifs is 2. The van der Waals surface area contributed by atoms with Crippen LogP contribution < -0.4 is 5.32 Å². The van der Waals surface area contributed by atoms with Gasteiger partial charge in [-0.15, -0.1) is 0 Å². The monoisotopic (exact) mass is 263 g/mol. The second-order valence-electron chi connectivity index (χ2n) is 6.37. The van der Waals surface area contributed by atoms with Crippen molar-refractivity contribution in [3.05, 3.63) is 24.2 Å². The molecule has 2 aliphatic rings. The maximum atomic E-state index is 5.60. The Balaban J connectivity index is 1.65. The quantitative estimate of drug-likeness (QED) is 0.768. The summed E-state index contributed by atoms with van der Waals surface area (Å²) < 4.78 is 10.7. The molecule has 106 valence electrons. The molecule has 2 aliphatic carbocycles. The van der Waals surface area contributed by atoms with Gasteiger partial charge in [0.25, 0.3) is 0 Å². The molecule has 19 heavy (non-hydrogen) atoms. The molecule has 0 radical (unpaired) electrons. The van der Waals surface area contributed by atoms with Crippen LogP contribution in [-0.4, -0.2) is 26.8 Å². The molecule has 3 unspecified atom stereocenters. The van der Waals surface area contributed by atoms with Gasteiger partial charge in [0.15, 0.2) is 0 Å². The number of hydrogen-bond acceptors (Lipinski definition) is 3. The van der Waals surface area contributed by atoms with Crippen molar-refractivity contribution in [2.24, 2.45) is 17.3 Å². The highest BCUT2D eigenvalue weighted by Gasteiger charge is 2.50. The number of rotatable bonds is 7. The largest absolute Gasteiger partial charge is 0.469 e. The summed E-state index contributed by atoms with van der Waals surface area (Å²) in [6.07, 6.45) is 8.57. The van der Waals surface area contributed by atoms with E-state index in [4.69, 9.17) is 9.15 Å². The average molecular weight is 263 g/mol. The Morgan fingerprint density at radius 3 is 3.05 bits per heavy atom. The number of methoxy groups -OCH3 is 1. The molecule has 1 N–H and O–H groups in total. The van der Waals surface area contributed by atoms with Crippen molar-refractivity contribution in [1.82, 2.24) is 5.32 Å². The van der Waals surface area contributed by atoms with Crippen LogP contribution in [-0.2, 0) is 11.2 Å². The molecule has 0 aromatic carbocycles. The van der Waals surface area contributed by atoms with Crippen molar-refractivity contribution in [3.8, 4) is 0 Å². The van der Waals surface area contributed by atoms with Crippen molar-refractivity contribution in [2.45, 2.75) is 32.1 Å². The number of ether oxygens (including phenoxy) is 1. The highest BCUT2D eigenvalue weighted by Crippen LogP contribution is 2.57. The standard InChI is InChI=1S/C16H25NO2/c1-18-8-6-17-12-16(11-15-3-2-7-19-15)10-13-4-5-14(16)9-13/h2-3,7,13-14,17H,4-6,8-12H2,1H3. The molecule has 0 saturated heterocycles. The summed E-state index contributed by atoms with van der Waals surface area (Å²) in [6.45, 7) is 2.86. The first-order valence-corrected chi connectivity index (χ1v) is 7.54. The third kappa shape index (κ3) is 2.72. The second-order valence-corrected chi connectivity index (χ2v) is 6.37. The summed E-state index contributed by atoms with van der Waals surface area (Å²) in [6, 6.07) is 4.14. The Labute approximate surface area is 115 Å². The fourth-order valence-corrected chi connectivity index (χ4v) is 4.33. The second kappa shape index (κ2) is 5.68. The average Bonchev–Trinajstić information content (AvgIpc) is 3.11. The summed E-state index contributed by atoms with van der Waals surface area (Å²) in [7, 11) is 1.76. The minimum atomic E-state index is 0.425. The van der Waals surface area contributed by atoms with Crippen molar-refractivity contribution < 1.29 is 9.15 Å². The van der Waals surface area contributed by atoms with Gasteiger partial charge in [-0.05, 0) is 48.6 Å². The smallest absolute Gasteiger partial charge is 0.104 e. The Morgan fingerprint density at radius 2 is 2.42 bits per heavy atom. The van der Waals surface area contributed by atoms with Gasteiger partial charge < -0.3 is 14.5 Å². The Kier molecular flexibility index (Phi) is 3.94. The van der Waals surface area contributed by atoms with Crippen LogP contribution >= 0.6 is 0 Å². The van der Waals surface area contributed by atoms with E-state index in [1.54, 1.807) is 13.4 Å². The van der Waals surface area contributed by atoms with Crippen LogP contribution in [0.4, 0.5) is 0 Å². The first-order chi connectivity index (χ1) is 9.32. The molecule has 1 heterocycles. The van der Waals surface area contributed by atoms with Gasteiger partial charge in [0, 0.05) is 26.6 Å². The minimum absolute atomic E-state index is 0.425. The van der Waals surface area contributed by atoms with Gasteiger partial charge in [0.05, 0.1) is 12.9 Å². The van der Waals surface area contributed by atoms with Crippen molar-refractivity contribution in [1.29, 1.82) is 0 Å². The van der Waals surface area contributed by atoms with E-state index in [2.05, 4.69) is 11.4 Å². The molecule has 1 aromatic heterocycles. The molecule has 2 fully saturated rings. The molecule has 3 atom stereocenters. The van der Waals surface area contributed by atoms with Gasteiger partial charge in [-0.25, -0.2) is 0 Å². The molecule has 2 saturated carbocycles. The van der Waals surface area contributed by atoms with Crippen LogP contribution in [0.25, 0.3) is 0 Å². The predicted octanol–water partition coefficient (Wildman–Crippen LogP) is 2.86. The molecule has 3 rings (SSSR count). The van der Waals surface area contributed by atoms with Crippen molar-refractivity contribution in [2.75, 3.05) is 26.8 Å². The SMILES string of the molecule is COCCNCC1(Cc2ccco2)CC2CCC1C2. The summed E-state index contributed by atoms with van der Waals surface area (Å²) in [5.41, 5.74) is 0.425. The normalized spacial score (nSPS) is 33.1. The van der Waals surface area contributed by atoms with E-state index >= 15 is 0 Å². The maximum Gasteiger partial charge on any atom is 0.104 e. The first-order valence-electron chi connectivity index (χ1n) is 7.54. The van der Waals surface area contributed by atoms with Gasteiger partial charge in [-0.1, -0.05) is 6.42 Å². The third-order valence-corrected chi connectivity index (χ3v) is 5.17. The Bertz CT molecular complexity index is 389. The number of hydrogen-bond donors (Lipinski definition) is 1. The van der Waals surface area contributed by atoms with Gasteiger partial charge in [0.2, 0.25) is 0 Å². The summed E-state index contributed by atoms with van der Waals surface area (Å²) in [5, 5.41) is 3.60. The highest BCUT2D eigenvalue weighted by molar-refractivity contribution is 5.09. The lowest BCUT2D eigenvalue weighted by atomic mass is 9.70. The number of furan rings is 1. The van der Waals surface area contributed by atoms with Crippen LogP contribution in [0, 0.1) is 17.3 Å². The van der Waals surface area contributed by atoms with E-state index in [0.717, 1.165) is 43.7 Å². The summed E-state index contributed by atoms with van der Waals surface area (Å²) >= 11 is 0. The minimum Gasteiger partial charge on any atom is -0.469 e. The molecule has 2 bridgehead atoms. The van der Waals surface area contributed by atoms with E-state index in [1.807, 2.05) is 6.07 Å². The zero-order valence-corrected chi connectivity index (χ0v) is 11.9. The molecule has 1 aromatic rings. The van der Waals surface area contributed by atoms with E-state index in [-0.39, 0.29) is 0 Å². The van der Waals surface area contributed by atoms with E-state index in [9.17, 15) is 0 Å².